The lowest BCUT2D eigenvalue weighted by molar-refractivity contribution is -0.384. The van der Waals surface area contributed by atoms with Gasteiger partial charge in [0.2, 0.25) is 4.77 Å². The Morgan fingerprint density at radius 3 is 2.90 bits per heavy atom. The Morgan fingerprint density at radius 2 is 2.29 bits per heavy atom. The number of aromatic amines is 1. The summed E-state index contributed by atoms with van der Waals surface area (Å²) >= 11 is 10.9. The SMILES string of the molecule is CC(C)c1n[nH]c(=S)n1/N=C\c1ccc(Cl)c([N+](=O)[O-])c1. The Kier molecular flexibility index (Phi) is 4.49. The predicted octanol–water partition coefficient (Wildman–Crippen LogP) is 3.51. The third-order valence-electron chi connectivity index (χ3n) is 2.68. The molecule has 9 heteroatoms. The van der Waals surface area contributed by atoms with E-state index in [0.717, 1.165) is 0 Å². The Balaban J connectivity index is 2.39. The molecule has 1 aromatic carbocycles. The third-order valence-corrected chi connectivity index (χ3v) is 3.26. The standard InChI is InChI=1S/C12H12ClN5O2S/c1-7(2)11-15-16-12(21)17(11)14-6-8-3-4-9(13)10(5-8)18(19)20/h3-7H,1-2H3,(H,16,21)/b14-6-. The average molecular weight is 326 g/mol. The Hall–Kier alpha value is -2.06. The van der Waals surface area contributed by atoms with Gasteiger partial charge in [-0.25, -0.2) is 0 Å². The first kappa shape index (κ1) is 15.3. The van der Waals surface area contributed by atoms with Crippen LogP contribution >= 0.6 is 23.8 Å². The first-order chi connectivity index (χ1) is 9.90. The molecule has 1 N–H and O–H groups in total. The van der Waals surface area contributed by atoms with E-state index in [1.54, 1.807) is 6.07 Å². The fourth-order valence-corrected chi connectivity index (χ4v) is 2.04. The van der Waals surface area contributed by atoms with Crippen LogP contribution in [-0.4, -0.2) is 26.0 Å². The normalized spacial score (nSPS) is 11.4. The molecule has 0 saturated carbocycles. The van der Waals surface area contributed by atoms with Gasteiger partial charge in [-0.2, -0.15) is 14.9 Å². The summed E-state index contributed by atoms with van der Waals surface area (Å²) in [6.45, 7) is 3.92. The summed E-state index contributed by atoms with van der Waals surface area (Å²) in [6.07, 6.45) is 1.47. The van der Waals surface area contributed by atoms with Crippen LogP contribution in [0, 0.1) is 14.9 Å². The van der Waals surface area contributed by atoms with Crippen LogP contribution < -0.4 is 0 Å². The van der Waals surface area contributed by atoms with Gasteiger partial charge in [-0.05, 0) is 18.3 Å². The molecule has 0 radical (unpaired) electrons. The lowest BCUT2D eigenvalue weighted by Gasteiger charge is -2.03. The van der Waals surface area contributed by atoms with Gasteiger partial charge in [0.05, 0.1) is 11.1 Å². The second-order valence-corrected chi connectivity index (χ2v) is 5.36. The quantitative estimate of drug-likeness (QED) is 0.403. The smallest absolute Gasteiger partial charge is 0.258 e. The largest absolute Gasteiger partial charge is 0.288 e. The summed E-state index contributed by atoms with van der Waals surface area (Å²) in [5, 5.41) is 21.9. The molecule has 0 atom stereocenters. The zero-order valence-electron chi connectivity index (χ0n) is 11.3. The number of hydrogen-bond acceptors (Lipinski definition) is 5. The molecule has 0 amide bonds. The molecule has 0 aliphatic heterocycles. The van der Waals surface area contributed by atoms with Crippen molar-refractivity contribution in [2.45, 2.75) is 19.8 Å². The summed E-state index contributed by atoms with van der Waals surface area (Å²) in [4.78, 5) is 10.3. The molecule has 0 spiro atoms. The van der Waals surface area contributed by atoms with E-state index in [4.69, 9.17) is 23.8 Å². The molecule has 7 nitrogen and oxygen atoms in total. The first-order valence-electron chi connectivity index (χ1n) is 6.05. The number of H-pyrrole nitrogens is 1. The average Bonchev–Trinajstić information content (AvgIpc) is 2.79. The van der Waals surface area contributed by atoms with Crippen molar-refractivity contribution in [3.63, 3.8) is 0 Å². The molecule has 1 aromatic heterocycles. The fraction of sp³-hybridized carbons (Fsp3) is 0.250. The summed E-state index contributed by atoms with van der Waals surface area (Å²) in [7, 11) is 0. The molecule has 1 heterocycles. The van der Waals surface area contributed by atoms with Gasteiger partial charge in [-0.15, -0.1) is 0 Å². The number of rotatable bonds is 4. The van der Waals surface area contributed by atoms with E-state index < -0.39 is 4.92 Å². The van der Waals surface area contributed by atoms with Gasteiger partial charge in [0.25, 0.3) is 5.69 Å². The van der Waals surface area contributed by atoms with E-state index in [0.29, 0.717) is 16.2 Å². The molecule has 0 unspecified atom stereocenters. The van der Waals surface area contributed by atoms with Gasteiger partial charge in [0.15, 0.2) is 5.82 Å². The highest BCUT2D eigenvalue weighted by Crippen LogP contribution is 2.24. The zero-order chi connectivity index (χ0) is 15.6. The number of halogens is 1. The van der Waals surface area contributed by atoms with E-state index in [2.05, 4.69) is 15.3 Å². The van der Waals surface area contributed by atoms with Crippen molar-refractivity contribution in [1.29, 1.82) is 0 Å². The first-order valence-corrected chi connectivity index (χ1v) is 6.84. The summed E-state index contributed by atoms with van der Waals surface area (Å²) in [5.41, 5.74) is 0.379. The lowest BCUT2D eigenvalue weighted by Crippen LogP contribution is -2.01. The van der Waals surface area contributed by atoms with Crippen LogP contribution in [0.15, 0.2) is 23.3 Å². The third kappa shape index (κ3) is 3.34. The molecular formula is C12H12ClN5O2S. The summed E-state index contributed by atoms with van der Waals surface area (Å²) < 4.78 is 1.85. The molecule has 0 bridgehead atoms. The minimum atomic E-state index is -0.539. The van der Waals surface area contributed by atoms with Gasteiger partial charge in [0, 0.05) is 17.5 Å². The molecular weight excluding hydrogens is 314 g/mol. The van der Waals surface area contributed by atoms with Gasteiger partial charge < -0.3 is 0 Å². The minimum absolute atomic E-state index is 0.0833. The van der Waals surface area contributed by atoms with Crippen molar-refractivity contribution < 1.29 is 4.92 Å². The van der Waals surface area contributed by atoms with E-state index in [1.807, 2.05) is 13.8 Å². The van der Waals surface area contributed by atoms with Crippen LogP contribution in [0.5, 0.6) is 0 Å². The monoisotopic (exact) mass is 325 g/mol. The second-order valence-electron chi connectivity index (χ2n) is 4.57. The van der Waals surface area contributed by atoms with Crippen molar-refractivity contribution in [2.75, 3.05) is 0 Å². The number of nitrogens with zero attached hydrogens (tertiary/aromatic N) is 4. The van der Waals surface area contributed by atoms with Crippen LogP contribution in [0.4, 0.5) is 5.69 Å². The fourth-order valence-electron chi connectivity index (χ4n) is 1.66. The number of nitro benzene ring substituents is 1. The van der Waals surface area contributed by atoms with Crippen LogP contribution in [0.25, 0.3) is 0 Å². The maximum absolute atomic E-state index is 10.8. The Morgan fingerprint density at radius 1 is 1.57 bits per heavy atom. The second kappa shape index (κ2) is 6.15. The Bertz CT molecular complexity index is 765. The zero-order valence-corrected chi connectivity index (χ0v) is 12.9. The van der Waals surface area contributed by atoms with Crippen molar-refractivity contribution in [1.82, 2.24) is 14.9 Å². The number of benzene rings is 1. The van der Waals surface area contributed by atoms with E-state index in [9.17, 15) is 10.1 Å². The van der Waals surface area contributed by atoms with E-state index >= 15 is 0 Å². The molecule has 0 aliphatic rings. The molecule has 0 saturated heterocycles. The van der Waals surface area contributed by atoms with Gasteiger partial charge in [-0.1, -0.05) is 31.5 Å². The van der Waals surface area contributed by atoms with Crippen LogP contribution in [0.2, 0.25) is 5.02 Å². The van der Waals surface area contributed by atoms with Crippen molar-refractivity contribution in [2.24, 2.45) is 5.10 Å². The highest BCUT2D eigenvalue weighted by atomic mass is 35.5. The van der Waals surface area contributed by atoms with Gasteiger partial charge in [0.1, 0.15) is 5.02 Å². The lowest BCUT2D eigenvalue weighted by atomic mass is 10.2. The number of nitrogens with one attached hydrogen (secondary N) is 1. The Labute approximate surface area is 130 Å². The number of hydrogen-bond donors (Lipinski definition) is 1. The maximum Gasteiger partial charge on any atom is 0.288 e. The van der Waals surface area contributed by atoms with E-state index in [1.165, 1.54) is 23.0 Å². The molecule has 110 valence electrons. The van der Waals surface area contributed by atoms with E-state index in [-0.39, 0.29) is 16.6 Å². The summed E-state index contributed by atoms with van der Waals surface area (Å²) in [6, 6.07) is 4.45. The highest BCUT2D eigenvalue weighted by molar-refractivity contribution is 7.71. The van der Waals surface area contributed by atoms with Gasteiger partial charge >= 0.3 is 0 Å². The minimum Gasteiger partial charge on any atom is -0.258 e. The molecule has 2 aromatic rings. The van der Waals surface area contributed by atoms with Crippen LogP contribution in [0.1, 0.15) is 31.2 Å². The number of aromatic nitrogens is 3. The van der Waals surface area contributed by atoms with Gasteiger partial charge in [-0.3, -0.25) is 15.2 Å². The maximum atomic E-state index is 10.8. The molecule has 0 aliphatic carbocycles. The number of nitro groups is 1. The molecule has 21 heavy (non-hydrogen) atoms. The van der Waals surface area contributed by atoms with Crippen molar-refractivity contribution >= 4 is 35.7 Å². The van der Waals surface area contributed by atoms with Crippen LogP contribution in [0.3, 0.4) is 0 Å². The summed E-state index contributed by atoms with van der Waals surface area (Å²) in [5.74, 6) is 0.814. The highest BCUT2D eigenvalue weighted by Gasteiger charge is 2.12. The van der Waals surface area contributed by atoms with Crippen LogP contribution in [-0.2, 0) is 0 Å². The molecule has 0 fully saturated rings. The molecule has 2 rings (SSSR count). The predicted molar refractivity (Wildman–Crippen MR) is 82.6 cm³/mol. The van der Waals surface area contributed by atoms with Crippen molar-refractivity contribution in [3.8, 4) is 0 Å². The topological polar surface area (TPSA) is 89.1 Å². The van der Waals surface area contributed by atoms with Crippen molar-refractivity contribution in [3.05, 3.63) is 49.5 Å².